The zero-order valence-electron chi connectivity index (χ0n) is 16.9. The van der Waals surface area contributed by atoms with Gasteiger partial charge in [0, 0.05) is 18.7 Å². The molecule has 1 fully saturated rings. The summed E-state index contributed by atoms with van der Waals surface area (Å²) in [7, 11) is 3.93. The number of benzene rings is 1. The van der Waals surface area contributed by atoms with Crippen molar-refractivity contribution in [2.75, 3.05) is 13.6 Å². The Labute approximate surface area is 166 Å². The number of hydrogen-bond acceptors (Lipinski definition) is 3. The summed E-state index contributed by atoms with van der Waals surface area (Å²) in [6, 6.07) is 8.89. The van der Waals surface area contributed by atoms with E-state index >= 15 is 0 Å². The van der Waals surface area contributed by atoms with Crippen LogP contribution in [0.3, 0.4) is 0 Å². The van der Waals surface area contributed by atoms with Crippen LogP contribution in [-0.2, 0) is 23.9 Å². The highest BCUT2D eigenvalue weighted by atomic mass is 32.1. The summed E-state index contributed by atoms with van der Waals surface area (Å²) in [5, 5.41) is 7.74. The average Bonchev–Trinajstić information content (AvgIpc) is 3.35. The molecule has 0 radical (unpaired) electrons. The highest BCUT2D eigenvalue weighted by Gasteiger charge is 2.24. The molecule has 1 unspecified atom stereocenters. The van der Waals surface area contributed by atoms with Gasteiger partial charge in [0.05, 0.1) is 7.05 Å². The van der Waals surface area contributed by atoms with Crippen molar-refractivity contribution in [1.29, 1.82) is 0 Å². The molecule has 1 aromatic carbocycles. The number of aromatic nitrogens is 3. The highest BCUT2D eigenvalue weighted by molar-refractivity contribution is 7.71. The fraction of sp³-hybridized carbons (Fsp3) is 0.550. The standard InChI is InChI=1S/C20H29N5OS/c1-20(2,3)15-8-6-14(7-9-15)18-22-25(19(27)24(18)5)13-23(4)12-17(26)21-16-10-11-16/h6-9,16H,10-13H2,1-5H3,(H,21,26)/p+1. The van der Waals surface area contributed by atoms with Gasteiger partial charge in [0.25, 0.3) is 5.91 Å². The third-order valence-corrected chi connectivity index (χ3v) is 5.36. The molecule has 2 N–H and O–H groups in total. The minimum atomic E-state index is 0.0930. The molecule has 27 heavy (non-hydrogen) atoms. The van der Waals surface area contributed by atoms with Crippen molar-refractivity contribution in [3.05, 3.63) is 34.6 Å². The van der Waals surface area contributed by atoms with E-state index in [-0.39, 0.29) is 11.3 Å². The molecule has 1 aromatic heterocycles. The highest BCUT2D eigenvalue weighted by Crippen LogP contribution is 2.25. The summed E-state index contributed by atoms with van der Waals surface area (Å²) < 4.78 is 4.40. The minimum absolute atomic E-state index is 0.0930. The molecule has 0 aliphatic heterocycles. The summed E-state index contributed by atoms with van der Waals surface area (Å²) in [6.07, 6.45) is 2.21. The smallest absolute Gasteiger partial charge is 0.275 e. The van der Waals surface area contributed by atoms with Gasteiger partial charge in [-0.05, 0) is 36.0 Å². The van der Waals surface area contributed by atoms with Gasteiger partial charge < -0.3 is 14.8 Å². The van der Waals surface area contributed by atoms with Crippen LogP contribution in [0.5, 0.6) is 0 Å². The second kappa shape index (κ2) is 7.56. The minimum Gasteiger partial charge on any atom is -0.348 e. The molecular weight excluding hydrogens is 358 g/mol. The molecule has 3 rings (SSSR count). The van der Waals surface area contributed by atoms with Crippen molar-refractivity contribution >= 4 is 18.1 Å². The van der Waals surface area contributed by atoms with Crippen molar-refractivity contribution < 1.29 is 9.69 Å². The third-order valence-electron chi connectivity index (χ3n) is 4.87. The average molecular weight is 389 g/mol. The number of rotatable bonds is 6. The van der Waals surface area contributed by atoms with Crippen molar-refractivity contribution in [1.82, 2.24) is 19.7 Å². The Balaban J connectivity index is 1.73. The zero-order valence-corrected chi connectivity index (χ0v) is 17.7. The number of likely N-dealkylation sites (N-methyl/N-ethyl adjacent to an activating group) is 1. The maximum Gasteiger partial charge on any atom is 0.275 e. The molecule has 1 heterocycles. The van der Waals surface area contributed by atoms with Gasteiger partial charge in [-0.25, -0.2) is 0 Å². The van der Waals surface area contributed by atoms with E-state index in [0.717, 1.165) is 29.1 Å². The van der Waals surface area contributed by atoms with Crippen molar-refractivity contribution in [3.8, 4) is 11.4 Å². The largest absolute Gasteiger partial charge is 0.348 e. The Morgan fingerprint density at radius 3 is 2.48 bits per heavy atom. The summed E-state index contributed by atoms with van der Waals surface area (Å²) in [5.74, 6) is 0.936. The molecule has 0 bridgehead atoms. The van der Waals surface area contributed by atoms with E-state index in [1.165, 1.54) is 5.56 Å². The van der Waals surface area contributed by atoms with Crippen LogP contribution >= 0.6 is 12.2 Å². The predicted octanol–water partition coefficient (Wildman–Crippen LogP) is 1.67. The Bertz CT molecular complexity index is 871. The number of carbonyl (C=O) groups excluding carboxylic acids is 1. The number of amides is 1. The van der Waals surface area contributed by atoms with E-state index in [1.807, 2.05) is 23.3 Å². The van der Waals surface area contributed by atoms with Gasteiger partial charge in [0.15, 0.2) is 19.0 Å². The first-order chi connectivity index (χ1) is 12.6. The Kier molecular flexibility index (Phi) is 5.53. The number of nitrogens with one attached hydrogen (secondary N) is 2. The summed E-state index contributed by atoms with van der Waals surface area (Å²) in [5.41, 5.74) is 2.45. The molecule has 0 saturated heterocycles. The lowest BCUT2D eigenvalue weighted by atomic mass is 9.87. The van der Waals surface area contributed by atoms with Gasteiger partial charge in [-0.1, -0.05) is 45.0 Å². The lowest BCUT2D eigenvalue weighted by molar-refractivity contribution is -0.895. The fourth-order valence-corrected chi connectivity index (χ4v) is 3.25. The predicted molar refractivity (Wildman–Crippen MR) is 109 cm³/mol. The number of hydrogen-bond donors (Lipinski definition) is 2. The Hall–Kier alpha value is -1.99. The van der Waals surface area contributed by atoms with Crippen LogP contribution in [0, 0.1) is 4.77 Å². The first-order valence-corrected chi connectivity index (χ1v) is 9.91. The Morgan fingerprint density at radius 1 is 1.30 bits per heavy atom. The fourth-order valence-electron chi connectivity index (χ4n) is 3.05. The SMILES string of the molecule is Cn1c(-c2ccc(C(C)(C)C)cc2)nn(C[NH+](C)CC(=O)NC2CC2)c1=S. The van der Waals surface area contributed by atoms with Crippen LogP contribution in [0.4, 0.5) is 0 Å². The molecule has 1 aliphatic carbocycles. The summed E-state index contributed by atoms with van der Waals surface area (Å²) in [6.45, 7) is 7.59. The van der Waals surface area contributed by atoms with Crippen molar-refractivity contribution in [3.63, 3.8) is 0 Å². The maximum absolute atomic E-state index is 12.0. The van der Waals surface area contributed by atoms with Crippen molar-refractivity contribution in [2.45, 2.75) is 51.7 Å². The monoisotopic (exact) mass is 388 g/mol. The molecule has 1 amide bonds. The first-order valence-electron chi connectivity index (χ1n) is 9.50. The first kappa shape index (κ1) is 19.8. The molecule has 1 atom stereocenters. The van der Waals surface area contributed by atoms with E-state index in [0.29, 0.717) is 24.0 Å². The summed E-state index contributed by atoms with van der Waals surface area (Å²) >= 11 is 5.56. The molecule has 1 saturated carbocycles. The van der Waals surface area contributed by atoms with Crippen LogP contribution in [0.25, 0.3) is 11.4 Å². The molecule has 0 spiro atoms. The van der Waals surface area contributed by atoms with E-state index in [2.05, 4.69) is 50.4 Å². The van der Waals surface area contributed by atoms with E-state index in [1.54, 1.807) is 0 Å². The molecule has 6 nitrogen and oxygen atoms in total. The molecule has 1 aliphatic rings. The van der Waals surface area contributed by atoms with Gasteiger partial charge in [0.1, 0.15) is 0 Å². The number of nitrogens with zero attached hydrogens (tertiary/aromatic N) is 3. The zero-order chi connectivity index (χ0) is 19.8. The van der Waals surface area contributed by atoms with E-state index in [9.17, 15) is 4.79 Å². The van der Waals surface area contributed by atoms with Crippen LogP contribution in [0.2, 0.25) is 0 Å². The molecule has 7 heteroatoms. The van der Waals surface area contributed by atoms with Gasteiger partial charge in [-0.3, -0.25) is 4.79 Å². The second-order valence-electron chi connectivity index (χ2n) is 8.63. The number of carbonyl (C=O) groups is 1. The topological polar surface area (TPSA) is 56.3 Å². The lowest BCUT2D eigenvalue weighted by Crippen LogP contribution is -3.09. The van der Waals surface area contributed by atoms with Gasteiger partial charge in [-0.15, -0.1) is 5.10 Å². The van der Waals surface area contributed by atoms with Gasteiger partial charge in [0.2, 0.25) is 4.77 Å². The second-order valence-corrected chi connectivity index (χ2v) is 8.99. The van der Waals surface area contributed by atoms with Crippen LogP contribution in [-0.4, -0.2) is 39.9 Å². The Morgan fingerprint density at radius 2 is 1.93 bits per heavy atom. The number of quaternary nitrogens is 1. The quantitative estimate of drug-likeness (QED) is 0.740. The molecular formula is C20H30N5OS+. The van der Waals surface area contributed by atoms with Gasteiger partial charge in [-0.2, -0.15) is 4.68 Å². The summed E-state index contributed by atoms with van der Waals surface area (Å²) in [4.78, 5) is 13.0. The van der Waals surface area contributed by atoms with Crippen LogP contribution < -0.4 is 10.2 Å². The lowest BCUT2D eigenvalue weighted by Gasteiger charge is -2.19. The molecule has 2 aromatic rings. The van der Waals surface area contributed by atoms with E-state index in [4.69, 9.17) is 17.3 Å². The third kappa shape index (κ3) is 4.84. The van der Waals surface area contributed by atoms with Crippen molar-refractivity contribution in [2.24, 2.45) is 7.05 Å². The molecule has 146 valence electrons. The normalized spacial score (nSPS) is 15.6. The maximum atomic E-state index is 12.0. The van der Waals surface area contributed by atoms with E-state index < -0.39 is 0 Å². The van der Waals surface area contributed by atoms with Gasteiger partial charge >= 0.3 is 0 Å². The van der Waals surface area contributed by atoms with Crippen LogP contribution in [0.1, 0.15) is 39.2 Å². The van der Waals surface area contributed by atoms with Crippen LogP contribution in [0.15, 0.2) is 24.3 Å².